The quantitative estimate of drug-likeness (QED) is 0.694. The van der Waals surface area contributed by atoms with Crippen LogP contribution >= 0.6 is 0 Å². The van der Waals surface area contributed by atoms with Crippen molar-refractivity contribution < 1.29 is 4.79 Å². The van der Waals surface area contributed by atoms with Crippen LogP contribution in [0.2, 0.25) is 0 Å². The van der Waals surface area contributed by atoms with Gasteiger partial charge in [-0.05, 0) is 22.8 Å². The molecule has 1 heterocycles. The summed E-state index contributed by atoms with van der Waals surface area (Å²) in [5, 5.41) is 2.62. The van der Waals surface area contributed by atoms with Gasteiger partial charge < -0.3 is 5.32 Å². The zero-order valence-corrected chi connectivity index (χ0v) is 13.6. The third kappa shape index (κ3) is 3.69. The minimum atomic E-state index is 0.371. The lowest BCUT2D eigenvalue weighted by Gasteiger charge is -2.13. The molecule has 0 spiro atoms. The van der Waals surface area contributed by atoms with Crippen molar-refractivity contribution in [3.63, 3.8) is 0 Å². The van der Waals surface area contributed by atoms with Crippen LogP contribution in [0.1, 0.15) is 29.7 Å². The van der Waals surface area contributed by atoms with Gasteiger partial charge in [-0.3, -0.25) is 9.78 Å². The molecule has 24 heavy (non-hydrogen) atoms. The molecule has 0 fully saturated rings. The molecule has 0 radical (unpaired) electrons. The largest absolute Gasteiger partial charge is 0.353 e. The summed E-state index contributed by atoms with van der Waals surface area (Å²) in [7, 11) is 0. The van der Waals surface area contributed by atoms with Crippen LogP contribution in [0.15, 0.2) is 72.9 Å². The molecule has 0 aliphatic carbocycles. The van der Waals surface area contributed by atoms with Crippen molar-refractivity contribution in [3.8, 4) is 11.1 Å². The molecular weight excluding hydrogens is 296 g/mol. The van der Waals surface area contributed by atoms with Gasteiger partial charge in [-0.25, -0.2) is 0 Å². The van der Waals surface area contributed by atoms with Crippen LogP contribution in [0, 0.1) is 0 Å². The third-order valence-corrected chi connectivity index (χ3v) is 4.23. The number of hydrogen-bond donors (Lipinski definition) is 1. The first kappa shape index (κ1) is 15.9. The molecule has 1 aromatic heterocycles. The van der Waals surface area contributed by atoms with Crippen molar-refractivity contribution in [2.45, 2.75) is 19.4 Å². The van der Waals surface area contributed by atoms with Gasteiger partial charge in [-0.1, -0.05) is 67.6 Å². The van der Waals surface area contributed by atoms with E-state index in [9.17, 15) is 4.79 Å². The molecule has 1 atom stereocenters. The lowest BCUT2D eigenvalue weighted by Crippen LogP contribution is -2.10. The minimum Gasteiger partial charge on any atom is -0.353 e. The van der Waals surface area contributed by atoms with Crippen molar-refractivity contribution in [1.29, 1.82) is 0 Å². The van der Waals surface area contributed by atoms with Gasteiger partial charge in [0.15, 0.2) is 0 Å². The average molecular weight is 316 g/mol. The maximum Gasteiger partial charge on any atom is 0.207 e. The highest BCUT2D eigenvalue weighted by Crippen LogP contribution is 2.26. The number of carbonyl (C=O) groups excluding carboxylic acids is 1. The van der Waals surface area contributed by atoms with Crippen molar-refractivity contribution in [2.75, 3.05) is 0 Å². The summed E-state index contributed by atoms with van der Waals surface area (Å²) in [6, 6.07) is 23.1. The van der Waals surface area contributed by atoms with E-state index < -0.39 is 0 Å². The highest BCUT2D eigenvalue weighted by atomic mass is 16.1. The SMILES string of the molecule is CC(c1ccccc1)c1ccc(-c2ccc(CNC=O)nc2)cc1. The molecule has 2 aromatic carbocycles. The molecule has 0 saturated heterocycles. The van der Waals surface area contributed by atoms with Gasteiger partial charge in [-0.2, -0.15) is 0 Å². The molecule has 1 unspecified atom stereocenters. The zero-order chi connectivity index (χ0) is 16.8. The Morgan fingerprint density at radius 2 is 1.58 bits per heavy atom. The molecular formula is C21H20N2O. The molecule has 3 heteroatoms. The number of carbonyl (C=O) groups is 1. The Kier molecular flexibility index (Phi) is 5.02. The summed E-state index contributed by atoms with van der Waals surface area (Å²) in [5.74, 6) is 0.371. The Hall–Kier alpha value is -2.94. The van der Waals surface area contributed by atoms with Crippen LogP contribution in [0.3, 0.4) is 0 Å². The maximum absolute atomic E-state index is 10.3. The second kappa shape index (κ2) is 7.55. The fourth-order valence-corrected chi connectivity index (χ4v) is 2.74. The molecule has 0 aliphatic rings. The Morgan fingerprint density at radius 1 is 0.917 bits per heavy atom. The molecule has 120 valence electrons. The van der Waals surface area contributed by atoms with E-state index in [4.69, 9.17) is 0 Å². The Balaban J connectivity index is 1.75. The summed E-state index contributed by atoms with van der Waals surface area (Å²) in [6.07, 6.45) is 2.53. The Labute approximate surface area is 142 Å². The smallest absolute Gasteiger partial charge is 0.207 e. The van der Waals surface area contributed by atoms with E-state index in [1.165, 1.54) is 11.1 Å². The summed E-state index contributed by atoms with van der Waals surface area (Å²) in [5.41, 5.74) is 5.68. The number of hydrogen-bond acceptors (Lipinski definition) is 2. The van der Waals surface area contributed by atoms with Crippen molar-refractivity contribution in [2.24, 2.45) is 0 Å². The number of nitrogens with one attached hydrogen (secondary N) is 1. The van der Waals surface area contributed by atoms with Gasteiger partial charge in [0.25, 0.3) is 0 Å². The van der Waals surface area contributed by atoms with Crippen LogP contribution in [-0.2, 0) is 11.3 Å². The van der Waals surface area contributed by atoms with E-state index in [0.717, 1.165) is 16.8 Å². The number of nitrogens with zero attached hydrogens (tertiary/aromatic N) is 1. The van der Waals surface area contributed by atoms with E-state index in [0.29, 0.717) is 18.9 Å². The summed E-state index contributed by atoms with van der Waals surface area (Å²) in [6.45, 7) is 2.68. The van der Waals surface area contributed by atoms with E-state index in [-0.39, 0.29) is 0 Å². The second-order valence-electron chi connectivity index (χ2n) is 5.79. The van der Waals surface area contributed by atoms with Gasteiger partial charge >= 0.3 is 0 Å². The molecule has 0 aliphatic heterocycles. The summed E-state index contributed by atoms with van der Waals surface area (Å²) in [4.78, 5) is 14.7. The van der Waals surface area contributed by atoms with Crippen LogP contribution in [0.4, 0.5) is 0 Å². The first-order valence-electron chi connectivity index (χ1n) is 8.05. The van der Waals surface area contributed by atoms with Gasteiger partial charge in [0, 0.05) is 17.7 Å². The average Bonchev–Trinajstić information content (AvgIpc) is 2.67. The van der Waals surface area contributed by atoms with E-state index in [1.807, 2.05) is 24.4 Å². The topological polar surface area (TPSA) is 42.0 Å². The molecule has 1 amide bonds. The van der Waals surface area contributed by atoms with Crippen molar-refractivity contribution in [1.82, 2.24) is 10.3 Å². The highest BCUT2D eigenvalue weighted by Gasteiger charge is 2.08. The standard InChI is InChI=1S/C21H20N2O/c1-16(17-5-3-2-4-6-17)18-7-9-19(10-8-18)20-11-12-21(23-13-20)14-22-15-24/h2-13,15-16H,14H2,1H3,(H,22,24). The molecule has 3 nitrogen and oxygen atoms in total. The van der Waals surface area contributed by atoms with Crippen molar-refractivity contribution in [3.05, 3.63) is 89.7 Å². The normalized spacial score (nSPS) is 11.7. The lowest BCUT2D eigenvalue weighted by molar-refractivity contribution is -0.109. The van der Waals surface area contributed by atoms with Crippen LogP contribution < -0.4 is 5.32 Å². The number of aromatic nitrogens is 1. The van der Waals surface area contributed by atoms with Crippen LogP contribution in [0.25, 0.3) is 11.1 Å². The second-order valence-corrected chi connectivity index (χ2v) is 5.79. The predicted octanol–water partition coefficient (Wildman–Crippen LogP) is 4.15. The van der Waals surface area contributed by atoms with E-state index in [1.54, 1.807) is 0 Å². The Morgan fingerprint density at radius 3 is 2.21 bits per heavy atom. The number of benzene rings is 2. The van der Waals surface area contributed by atoms with Crippen molar-refractivity contribution >= 4 is 6.41 Å². The van der Waals surface area contributed by atoms with Gasteiger partial charge in [0.1, 0.15) is 0 Å². The van der Waals surface area contributed by atoms with Gasteiger partial charge in [0.2, 0.25) is 6.41 Å². The number of pyridine rings is 1. The maximum atomic E-state index is 10.3. The predicted molar refractivity (Wildman–Crippen MR) is 96.5 cm³/mol. The van der Waals surface area contributed by atoms with Crippen LogP contribution in [-0.4, -0.2) is 11.4 Å². The molecule has 3 rings (SSSR count). The number of rotatable bonds is 6. The van der Waals surface area contributed by atoms with E-state index >= 15 is 0 Å². The summed E-state index contributed by atoms with van der Waals surface area (Å²) < 4.78 is 0. The lowest BCUT2D eigenvalue weighted by atomic mass is 9.92. The fourth-order valence-electron chi connectivity index (χ4n) is 2.74. The fraction of sp³-hybridized carbons (Fsp3) is 0.143. The van der Waals surface area contributed by atoms with Gasteiger partial charge in [0.05, 0.1) is 12.2 Å². The Bertz CT molecular complexity index is 780. The first-order valence-corrected chi connectivity index (χ1v) is 8.05. The number of amides is 1. The zero-order valence-electron chi connectivity index (χ0n) is 13.6. The molecule has 0 bridgehead atoms. The van der Waals surface area contributed by atoms with Crippen LogP contribution in [0.5, 0.6) is 0 Å². The third-order valence-electron chi connectivity index (χ3n) is 4.23. The molecule has 3 aromatic rings. The molecule has 0 saturated carbocycles. The summed E-state index contributed by atoms with van der Waals surface area (Å²) >= 11 is 0. The highest BCUT2D eigenvalue weighted by molar-refractivity contribution is 5.63. The first-order chi connectivity index (χ1) is 11.8. The van der Waals surface area contributed by atoms with Gasteiger partial charge in [-0.15, -0.1) is 0 Å². The monoisotopic (exact) mass is 316 g/mol. The molecule has 1 N–H and O–H groups in total. The minimum absolute atomic E-state index is 0.371. The van der Waals surface area contributed by atoms with E-state index in [2.05, 4.69) is 65.8 Å².